The molecule has 2 aromatic rings. The van der Waals surface area contributed by atoms with Crippen molar-refractivity contribution in [2.75, 3.05) is 0 Å². The minimum absolute atomic E-state index is 0.320. The second-order valence-corrected chi connectivity index (χ2v) is 2.79. The van der Waals surface area contributed by atoms with E-state index >= 15 is 0 Å². The lowest BCUT2D eigenvalue weighted by Crippen LogP contribution is -1.77. The highest BCUT2D eigenvalue weighted by molar-refractivity contribution is 5.62. The predicted octanol–water partition coefficient (Wildman–Crippen LogP) is 3.29. The first-order chi connectivity index (χ1) is 6.36. The van der Waals surface area contributed by atoms with Crippen LogP contribution in [0, 0.1) is 11.9 Å². The van der Waals surface area contributed by atoms with Crippen molar-refractivity contribution < 1.29 is 4.39 Å². The Morgan fingerprint density at radius 2 is 1.62 bits per heavy atom. The molecule has 0 heterocycles. The van der Waals surface area contributed by atoms with E-state index in [-0.39, 0.29) is 5.82 Å². The van der Waals surface area contributed by atoms with Crippen LogP contribution in [0.25, 0.3) is 11.1 Å². The summed E-state index contributed by atoms with van der Waals surface area (Å²) in [5.74, 6) is -0.320. The highest BCUT2D eigenvalue weighted by Crippen LogP contribution is 2.18. The van der Waals surface area contributed by atoms with Crippen LogP contribution in [0.1, 0.15) is 0 Å². The van der Waals surface area contributed by atoms with Crippen molar-refractivity contribution >= 4 is 0 Å². The maximum Gasteiger partial charge on any atom is 0.131 e. The molecule has 13 heavy (non-hydrogen) atoms. The van der Waals surface area contributed by atoms with E-state index in [1.807, 2.05) is 30.3 Å². The summed E-state index contributed by atoms with van der Waals surface area (Å²) in [6.07, 6.45) is 0. The molecule has 0 aliphatic rings. The summed E-state index contributed by atoms with van der Waals surface area (Å²) in [6, 6.07) is 17.2. The van der Waals surface area contributed by atoms with Crippen LogP contribution in [0.5, 0.6) is 0 Å². The van der Waals surface area contributed by atoms with Crippen LogP contribution in [-0.2, 0) is 0 Å². The molecule has 2 rings (SSSR count). The standard InChI is InChI=1S/C12H8F/c13-12-8-6-11(7-9-12)10-4-2-1-3-5-10/h1-8H. The smallest absolute Gasteiger partial charge is 0.131 e. The molecular weight excluding hydrogens is 163 g/mol. The summed E-state index contributed by atoms with van der Waals surface area (Å²) in [5, 5.41) is 0. The van der Waals surface area contributed by atoms with Crippen LogP contribution in [0.3, 0.4) is 0 Å². The largest absolute Gasteiger partial charge is 0.206 e. The first-order valence-corrected chi connectivity index (χ1v) is 4.09. The van der Waals surface area contributed by atoms with Gasteiger partial charge in [0.1, 0.15) is 5.82 Å². The Hall–Kier alpha value is -1.63. The topological polar surface area (TPSA) is 0 Å². The maximum absolute atomic E-state index is 12.5. The van der Waals surface area contributed by atoms with Gasteiger partial charge in [-0.2, -0.15) is 0 Å². The molecule has 0 aliphatic heterocycles. The van der Waals surface area contributed by atoms with Gasteiger partial charge in [0.25, 0.3) is 0 Å². The molecule has 2 aromatic carbocycles. The highest BCUT2D eigenvalue weighted by atomic mass is 19.1. The van der Waals surface area contributed by atoms with E-state index in [1.54, 1.807) is 12.1 Å². The van der Waals surface area contributed by atoms with Crippen LogP contribution < -0.4 is 0 Å². The molecule has 0 saturated heterocycles. The Morgan fingerprint density at radius 3 is 2.23 bits per heavy atom. The summed E-state index contributed by atoms with van der Waals surface area (Å²) in [6.45, 7) is 0. The van der Waals surface area contributed by atoms with E-state index in [0.29, 0.717) is 0 Å². The molecule has 0 fully saturated rings. The van der Waals surface area contributed by atoms with Gasteiger partial charge < -0.3 is 0 Å². The van der Waals surface area contributed by atoms with Crippen LogP contribution in [0.2, 0.25) is 0 Å². The summed E-state index contributed by atoms with van der Waals surface area (Å²) < 4.78 is 12.5. The number of hydrogen-bond donors (Lipinski definition) is 0. The van der Waals surface area contributed by atoms with Crippen LogP contribution in [0.4, 0.5) is 4.39 Å². The fourth-order valence-corrected chi connectivity index (χ4v) is 1.22. The van der Waals surface area contributed by atoms with Crippen molar-refractivity contribution in [1.29, 1.82) is 0 Å². The maximum atomic E-state index is 12.5. The van der Waals surface area contributed by atoms with Crippen LogP contribution >= 0.6 is 0 Å². The van der Waals surface area contributed by atoms with Crippen LogP contribution in [0.15, 0.2) is 48.5 Å². The Morgan fingerprint density at radius 1 is 0.846 bits per heavy atom. The minimum Gasteiger partial charge on any atom is -0.206 e. The van der Waals surface area contributed by atoms with Crippen molar-refractivity contribution in [2.24, 2.45) is 0 Å². The molecule has 0 aliphatic carbocycles. The average molecular weight is 171 g/mol. The van der Waals surface area contributed by atoms with Gasteiger partial charge in [0.05, 0.1) is 0 Å². The average Bonchev–Trinajstić information content (AvgIpc) is 2.20. The zero-order chi connectivity index (χ0) is 9.10. The SMILES string of the molecule is Fc1[c]cc(-c2ccccc2)cc1. The third-order valence-corrected chi connectivity index (χ3v) is 1.88. The molecule has 0 saturated carbocycles. The molecule has 1 radical (unpaired) electrons. The Balaban J connectivity index is 2.42. The number of hydrogen-bond acceptors (Lipinski definition) is 0. The number of benzene rings is 2. The summed E-state index contributed by atoms with van der Waals surface area (Å²) >= 11 is 0. The van der Waals surface area contributed by atoms with Crippen molar-refractivity contribution in [2.45, 2.75) is 0 Å². The van der Waals surface area contributed by atoms with Crippen molar-refractivity contribution in [1.82, 2.24) is 0 Å². The molecule has 0 amide bonds. The van der Waals surface area contributed by atoms with Gasteiger partial charge in [-0.15, -0.1) is 0 Å². The van der Waals surface area contributed by atoms with Gasteiger partial charge in [0.2, 0.25) is 0 Å². The normalized spacial score (nSPS) is 9.92. The van der Waals surface area contributed by atoms with E-state index < -0.39 is 0 Å². The lowest BCUT2D eigenvalue weighted by molar-refractivity contribution is 0.626. The predicted molar refractivity (Wildman–Crippen MR) is 50.7 cm³/mol. The van der Waals surface area contributed by atoms with Gasteiger partial charge in [-0.3, -0.25) is 0 Å². The third-order valence-electron chi connectivity index (χ3n) is 1.88. The molecular formula is C12H8F. The fraction of sp³-hybridized carbons (Fsp3) is 0. The molecule has 0 spiro atoms. The first kappa shape index (κ1) is 7.99. The molecule has 0 nitrogen and oxygen atoms in total. The van der Waals surface area contributed by atoms with Crippen molar-refractivity contribution in [3.05, 3.63) is 60.4 Å². The molecule has 0 atom stereocenters. The van der Waals surface area contributed by atoms with Gasteiger partial charge in [-0.25, -0.2) is 4.39 Å². The van der Waals surface area contributed by atoms with E-state index in [4.69, 9.17) is 0 Å². The molecule has 0 aromatic heterocycles. The van der Waals surface area contributed by atoms with Gasteiger partial charge >= 0.3 is 0 Å². The van der Waals surface area contributed by atoms with E-state index in [0.717, 1.165) is 11.1 Å². The Labute approximate surface area is 76.7 Å². The quantitative estimate of drug-likeness (QED) is 0.617. The van der Waals surface area contributed by atoms with Crippen molar-refractivity contribution in [3.8, 4) is 11.1 Å². The lowest BCUT2D eigenvalue weighted by Gasteiger charge is -1.99. The summed E-state index contributed by atoms with van der Waals surface area (Å²) in [5.41, 5.74) is 2.07. The monoisotopic (exact) mass is 171 g/mol. The van der Waals surface area contributed by atoms with Gasteiger partial charge in [0, 0.05) is 6.07 Å². The summed E-state index contributed by atoms with van der Waals surface area (Å²) in [7, 11) is 0. The van der Waals surface area contributed by atoms with Gasteiger partial charge in [0.15, 0.2) is 0 Å². The van der Waals surface area contributed by atoms with E-state index in [1.165, 1.54) is 6.07 Å². The molecule has 1 heteroatoms. The highest BCUT2D eigenvalue weighted by Gasteiger charge is 1.95. The van der Waals surface area contributed by atoms with Gasteiger partial charge in [-0.05, 0) is 23.3 Å². The fourth-order valence-electron chi connectivity index (χ4n) is 1.22. The summed E-state index contributed by atoms with van der Waals surface area (Å²) in [4.78, 5) is 0. The minimum atomic E-state index is -0.320. The molecule has 63 valence electrons. The third kappa shape index (κ3) is 1.75. The number of halogens is 1. The van der Waals surface area contributed by atoms with Crippen molar-refractivity contribution in [3.63, 3.8) is 0 Å². The molecule has 0 unspecified atom stereocenters. The Bertz CT molecular complexity index is 376. The second-order valence-electron chi connectivity index (χ2n) is 2.79. The molecule has 0 N–H and O–H groups in total. The zero-order valence-corrected chi connectivity index (χ0v) is 7.00. The van der Waals surface area contributed by atoms with E-state index in [2.05, 4.69) is 6.07 Å². The van der Waals surface area contributed by atoms with E-state index in [9.17, 15) is 4.39 Å². The van der Waals surface area contributed by atoms with Crippen LogP contribution in [-0.4, -0.2) is 0 Å². The second kappa shape index (κ2) is 3.40. The molecule has 0 bridgehead atoms. The van der Waals surface area contributed by atoms with Gasteiger partial charge in [-0.1, -0.05) is 36.4 Å². The Kier molecular flexibility index (Phi) is 2.09. The number of rotatable bonds is 1. The first-order valence-electron chi connectivity index (χ1n) is 4.09. The lowest BCUT2D eigenvalue weighted by atomic mass is 10.1. The zero-order valence-electron chi connectivity index (χ0n) is 7.00.